The molecule has 1 aliphatic heterocycles. The van der Waals surface area contributed by atoms with Crippen LogP contribution >= 0.6 is 15.9 Å². The Morgan fingerprint density at radius 2 is 2.30 bits per heavy atom. The van der Waals surface area contributed by atoms with E-state index in [1.807, 2.05) is 23.1 Å². The highest BCUT2D eigenvalue weighted by atomic mass is 79.9. The van der Waals surface area contributed by atoms with Gasteiger partial charge < -0.3 is 9.64 Å². The predicted molar refractivity (Wildman–Crippen MR) is 87.3 cm³/mol. The molecule has 8 nitrogen and oxygen atoms in total. The van der Waals surface area contributed by atoms with Crippen molar-refractivity contribution in [2.24, 2.45) is 0 Å². The van der Waals surface area contributed by atoms with Gasteiger partial charge >= 0.3 is 0 Å². The Morgan fingerprint density at radius 3 is 3.09 bits per heavy atom. The third-order valence-electron chi connectivity index (χ3n) is 4.01. The monoisotopic (exact) mass is 377 g/mol. The standard InChI is InChI=1S/C14H16BrN7O/c1-23-8-11-4-13(22-14(19-11)16-9-18-22)20-3-2-12(7-20)21-6-10(15)5-17-21/h4-6,9,12H,2-3,7-8H2,1H3. The molecule has 3 aromatic heterocycles. The first-order valence-electron chi connectivity index (χ1n) is 7.38. The molecule has 1 aliphatic rings. The largest absolute Gasteiger partial charge is 0.378 e. The molecule has 0 saturated carbocycles. The molecular weight excluding hydrogens is 362 g/mol. The Kier molecular flexibility index (Phi) is 3.74. The van der Waals surface area contributed by atoms with Crippen molar-refractivity contribution in [1.29, 1.82) is 0 Å². The van der Waals surface area contributed by atoms with Crippen LogP contribution < -0.4 is 4.90 Å². The SMILES string of the molecule is COCc1cc(N2CCC(n3cc(Br)cn3)C2)n2ncnc2n1. The van der Waals surface area contributed by atoms with Crippen LogP contribution in [0.15, 0.2) is 29.3 Å². The van der Waals surface area contributed by atoms with E-state index in [0.29, 0.717) is 18.4 Å². The number of rotatable bonds is 4. The highest BCUT2D eigenvalue weighted by Gasteiger charge is 2.27. The number of aromatic nitrogens is 6. The third kappa shape index (κ3) is 2.70. The lowest BCUT2D eigenvalue weighted by molar-refractivity contribution is 0.181. The molecule has 1 unspecified atom stereocenters. The van der Waals surface area contributed by atoms with Crippen molar-refractivity contribution in [1.82, 2.24) is 29.4 Å². The molecule has 1 saturated heterocycles. The van der Waals surface area contributed by atoms with Gasteiger partial charge in [0.15, 0.2) is 0 Å². The first kappa shape index (κ1) is 14.6. The molecule has 4 heterocycles. The van der Waals surface area contributed by atoms with Crippen molar-refractivity contribution in [2.45, 2.75) is 19.1 Å². The second-order valence-corrected chi connectivity index (χ2v) is 6.45. The van der Waals surface area contributed by atoms with Gasteiger partial charge in [0.05, 0.1) is 29.0 Å². The second kappa shape index (κ2) is 5.89. The van der Waals surface area contributed by atoms with Crippen LogP contribution in [0.25, 0.3) is 5.78 Å². The minimum absolute atomic E-state index is 0.346. The highest BCUT2D eigenvalue weighted by Crippen LogP contribution is 2.27. The maximum atomic E-state index is 5.21. The van der Waals surface area contributed by atoms with Crippen molar-refractivity contribution in [3.05, 3.63) is 35.0 Å². The molecule has 3 aromatic rings. The van der Waals surface area contributed by atoms with E-state index in [1.165, 1.54) is 6.33 Å². The number of hydrogen-bond donors (Lipinski definition) is 0. The van der Waals surface area contributed by atoms with E-state index in [2.05, 4.69) is 41.0 Å². The molecule has 120 valence electrons. The van der Waals surface area contributed by atoms with E-state index >= 15 is 0 Å². The quantitative estimate of drug-likeness (QED) is 0.688. The van der Waals surface area contributed by atoms with Gasteiger partial charge in [-0.15, -0.1) is 0 Å². The Morgan fingerprint density at radius 1 is 1.39 bits per heavy atom. The summed E-state index contributed by atoms with van der Waals surface area (Å²) in [6, 6.07) is 2.37. The van der Waals surface area contributed by atoms with E-state index in [1.54, 1.807) is 11.6 Å². The van der Waals surface area contributed by atoms with Gasteiger partial charge in [-0.05, 0) is 22.4 Å². The predicted octanol–water partition coefficient (Wildman–Crippen LogP) is 1.68. The molecule has 0 bridgehead atoms. The Labute approximate surface area is 141 Å². The third-order valence-corrected chi connectivity index (χ3v) is 4.42. The zero-order valence-electron chi connectivity index (χ0n) is 12.6. The van der Waals surface area contributed by atoms with Crippen molar-refractivity contribution >= 4 is 27.5 Å². The normalized spacial score (nSPS) is 18.2. The van der Waals surface area contributed by atoms with Gasteiger partial charge in [0.2, 0.25) is 0 Å². The lowest BCUT2D eigenvalue weighted by atomic mass is 10.3. The minimum Gasteiger partial charge on any atom is -0.378 e. The average molecular weight is 378 g/mol. The topological polar surface area (TPSA) is 73.4 Å². The van der Waals surface area contributed by atoms with Crippen molar-refractivity contribution in [3.63, 3.8) is 0 Å². The van der Waals surface area contributed by atoms with Crippen LogP contribution in [-0.4, -0.2) is 49.6 Å². The van der Waals surface area contributed by atoms with Gasteiger partial charge in [-0.25, -0.2) is 4.98 Å². The fourth-order valence-electron chi connectivity index (χ4n) is 2.97. The van der Waals surface area contributed by atoms with Gasteiger partial charge in [-0.3, -0.25) is 4.68 Å². The lowest BCUT2D eigenvalue weighted by Gasteiger charge is -2.20. The van der Waals surface area contributed by atoms with Gasteiger partial charge in [-0.1, -0.05) is 0 Å². The summed E-state index contributed by atoms with van der Waals surface area (Å²) >= 11 is 3.45. The van der Waals surface area contributed by atoms with Crippen LogP contribution in [0.5, 0.6) is 0 Å². The number of halogens is 1. The van der Waals surface area contributed by atoms with Gasteiger partial charge in [0.1, 0.15) is 12.1 Å². The molecule has 23 heavy (non-hydrogen) atoms. The van der Waals surface area contributed by atoms with Crippen molar-refractivity contribution < 1.29 is 4.74 Å². The highest BCUT2D eigenvalue weighted by molar-refractivity contribution is 9.10. The van der Waals surface area contributed by atoms with Crippen molar-refractivity contribution in [2.75, 3.05) is 25.1 Å². The smallest absolute Gasteiger partial charge is 0.254 e. The van der Waals surface area contributed by atoms with Crippen molar-refractivity contribution in [3.8, 4) is 0 Å². The molecule has 0 aliphatic carbocycles. The Hall–Kier alpha value is -2.00. The first-order chi connectivity index (χ1) is 11.2. The van der Waals surface area contributed by atoms with E-state index in [-0.39, 0.29) is 0 Å². The number of methoxy groups -OCH3 is 1. The minimum atomic E-state index is 0.346. The van der Waals surface area contributed by atoms with E-state index < -0.39 is 0 Å². The molecule has 1 atom stereocenters. The number of nitrogens with zero attached hydrogens (tertiary/aromatic N) is 7. The zero-order valence-corrected chi connectivity index (χ0v) is 14.2. The number of anilines is 1. The molecule has 1 fully saturated rings. The van der Waals surface area contributed by atoms with Crippen LogP contribution in [0.4, 0.5) is 5.82 Å². The lowest BCUT2D eigenvalue weighted by Crippen LogP contribution is -2.24. The van der Waals surface area contributed by atoms with Crippen LogP contribution in [0.2, 0.25) is 0 Å². The summed E-state index contributed by atoms with van der Waals surface area (Å²) in [7, 11) is 1.66. The molecule has 0 spiro atoms. The van der Waals surface area contributed by atoms with Crippen LogP contribution in [-0.2, 0) is 11.3 Å². The molecule has 4 rings (SSSR count). The fraction of sp³-hybridized carbons (Fsp3) is 0.429. The summed E-state index contributed by atoms with van der Waals surface area (Å²) in [4.78, 5) is 11.0. The van der Waals surface area contributed by atoms with Gasteiger partial charge in [0.25, 0.3) is 5.78 Å². The summed E-state index contributed by atoms with van der Waals surface area (Å²) < 4.78 is 10.00. The summed E-state index contributed by atoms with van der Waals surface area (Å²) in [6.07, 6.45) is 6.40. The van der Waals surface area contributed by atoms with Gasteiger partial charge in [-0.2, -0.15) is 19.7 Å². The molecule has 9 heteroatoms. The fourth-order valence-corrected chi connectivity index (χ4v) is 3.27. The summed E-state index contributed by atoms with van der Waals surface area (Å²) in [6.45, 7) is 2.27. The molecule has 0 radical (unpaired) electrons. The average Bonchev–Trinajstić information content (AvgIpc) is 3.26. The molecule has 0 aromatic carbocycles. The van der Waals surface area contributed by atoms with Gasteiger partial charge in [0, 0.05) is 32.5 Å². The number of ether oxygens (including phenoxy) is 1. The summed E-state index contributed by atoms with van der Waals surface area (Å²) in [5, 5.41) is 8.70. The van der Waals surface area contributed by atoms with E-state index in [4.69, 9.17) is 4.74 Å². The zero-order chi connectivity index (χ0) is 15.8. The van der Waals surface area contributed by atoms with E-state index in [0.717, 1.165) is 35.5 Å². The maximum Gasteiger partial charge on any atom is 0.254 e. The number of fused-ring (bicyclic) bond motifs is 1. The van der Waals surface area contributed by atoms with E-state index in [9.17, 15) is 0 Å². The molecule has 0 N–H and O–H groups in total. The maximum absolute atomic E-state index is 5.21. The van der Waals surface area contributed by atoms with Crippen LogP contribution in [0.3, 0.4) is 0 Å². The molecular formula is C14H16BrN7O. The molecule has 0 amide bonds. The number of hydrogen-bond acceptors (Lipinski definition) is 6. The summed E-state index contributed by atoms with van der Waals surface area (Å²) in [5.74, 6) is 1.59. The Bertz CT molecular complexity index is 830. The van der Waals surface area contributed by atoms with Crippen LogP contribution in [0.1, 0.15) is 18.2 Å². The second-order valence-electron chi connectivity index (χ2n) is 5.54. The first-order valence-corrected chi connectivity index (χ1v) is 8.17. The summed E-state index contributed by atoms with van der Waals surface area (Å²) in [5.41, 5.74) is 0.855. The van der Waals surface area contributed by atoms with Crippen LogP contribution in [0, 0.1) is 0 Å². The Balaban J connectivity index is 1.65.